The second kappa shape index (κ2) is 14.1. The van der Waals surface area contributed by atoms with Gasteiger partial charge in [-0.25, -0.2) is 9.78 Å². The van der Waals surface area contributed by atoms with Crippen LogP contribution in [0.15, 0.2) is 41.0 Å². The van der Waals surface area contributed by atoms with Crippen LogP contribution < -0.4 is 27.1 Å². The number of carboxylic acids is 1. The van der Waals surface area contributed by atoms with Gasteiger partial charge >= 0.3 is 16.4 Å². The molecule has 0 spiro atoms. The van der Waals surface area contributed by atoms with Crippen LogP contribution in [0.4, 0.5) is 5.13 Å². The minimum absolute atomic E-state index is 0.0390. The van der Waals surface area contributed by atoms with E-state index in [0.717, 1.165) is 11.3 Å². The van der Waals surface area contributed by atoms with E-state index in [-0.39, 0.29) is 35.3 Å². The fourth-order valence-corrected chi connectivity index (χ4v) is 5.49. The Morgan fingerprint density at radius 3 is 2.48 bits per heavy atom. The normalized spacial score (nSPS) is 17.4. The number of carbonyl (C=O) groups excluding carboxylic acids is 2. The number of nitrogens with two attached hydrogens (primary N) is 2. The highest BCUT2D eigenvalue weighted by Crippen LogP contribution is 2.33. The summed E-state index contributed by atoms with van der Waals surface area (Å²) in [5, 5.41) is 35.7. The molecule has 0 radical (unpaired) electrons. The summed E-state index contributed by atoms with van der Waals surface area (Å²) in [5.41, 5.74) is 10.6. The van der Waals surface area contributed by atoms with Crippen molar-refractivity contribution in [3.8, 4) is 17.0 Å². The number of aliphatic hydroxyl groups excluding tert-OH is 1. The predicted molar refractivity (Wildman–Crippen MR) is 166 cm³/mol. The fourth-order valence-electron chi connectivity index (χ4n) is 4.49. The number of hydrogen-bond acceptors (Lipinski definition) is 15. The number of amides is 2. The Bertz CT molecular complexity index is 1880. The van der Waals surface area contributed by atoms with E-state index in [1.165, 1.54) is 19.2 Å². The lowest BCUT2D eigenvalue weighted by Gasteiger charge is -2.50. The smallest absolute Gasteiger partial charge is 0.418 e. The van der Waals surface area contributed by atoms with Gasteiger partial charge in [0.1, 0.15) is 24.1 Å². The molecule has 9 N–H and O–H groups in total. The third-order valence-electron chi connectivity index (χ3n) is 7.11. The number of hydrogen-bond donors (Lipinski definition) is 7. The molecule has 48 heavy (non-hydrogen) atoms. The maximum atomic E-state index is 13.2. The number of ether oxygens (including phenoxy) is 1. The van der Waals surface area contributed by atoms with Crippen LogP contribution in [0.5, 0.6) is 5.75 Å². The van der Waals surface area contributed by atoms with Gasteiger partial charge in [0, 0.05) is 25.2 Å². The van der Waals surface area contributed by atoms with Crippen molar-refractivity contribution in [2.45, 2.75) is 44.2 Å². The first kappa shape index (κ1) is 36.0. The van der Waals surface area contributed by atoms with Gasteiger partial charge in [0.15, 0.2) is 10.8 Å². The van der Waals surface area contributed by atoms with Crippen LogP contribution in [-0.4, -0.2) is 103 Å². The molecule has 20 nitrogen and oxygen atoms in total. The van der Waals surface area contributed by atoms with Gasteiger partial charge in [0.25, 0.3) is 17.9 Å². The van der Waals surface area contributed by atoms with E-state index < -0.39 is 64.3 Å². The van der Waals surface area contributed by atoms with Crippen molar-refractivity contribution in [1.29, 1.82) is 5.41 Å². The number of hydroxylamine groups is 2. The van der Waals surface area contributed by atoms with E-state index in [4.69, 9.17) is 31.0 Å². The number of carboxylic acid groups (broad SMARTS) is 1. The molecule has 0 bridgehead atoms. The third-order valence-corrected chi connectivity index (χ3v) is 8.12. The van der Waals surface area contributed by atoms with Crippen molar-refractivity contribution in [3.05, 3.63) is 47.2 Å². The van der Waals surface area contributed by atoms with Gasteiger partial charge < -0.3 is 45.7 Å². The molecule has 1 aromatic carbocycles. The summed E-state index contributed by atoms with van der Waals surface area (Å²) < 4.78 is 44.2. The summed E-state index contributed by atoms with van der Waals surface area (Å²) in [6.07, 6.45) is -0.849. The van der Waals surface area contributed by atoms with Crippen LogP contribution in [-0.2, 0) is 47.5 Å². The lowest BCUT2D eigenvalue weighted by atomic mass is 9.84. The third kappa shape index (κ3) is 7.98. The number of carbonyl (C=O) groups is 3. The first-order valence-electron chi connectivity index (χ1n) is 13.8. The number of nitrogen functional groups attached to an aromatic ring is 1. The topological polar surface area (TPSA) is 300 Å². The van der Waals surface area contributed by atoms with Gasteiger partial charge in [0.2, 0.25) is 5.62 Å². The molecule has 3 heterocycles. The molecule has 2 unspecified atom stereocenters. The highest BCUT2D eigenvalue weighted by atomic mass is 32.3. The first-order chi connectivity index (χ1) is 22.4. The zero-order valence-electron chi connectivity index (χ0n) is 25.6. The summed E-state index contributed by atoms with van der Waals surface area (Å²) in [6, 6.07) is 5.15. The number of benzene rings is 1. The number of imidazole rings is 1. The minimum Gasteiger partial charge on any atom is -0.489 e. The molecule has 1 aliphatic heterocycles. The Morgan fingerprint density at radius 1 is 1.27 bits per heavy atom. The highest BCUT2D eigenvalue weighted by Gasteiger charge is 2.58. The summed E-state index contributed by atoms with van der Waals surface area (Å²) in [7, 11) is -3.34. The standard InChI is InChI=1S/C26H33N9O11S2/c1-26(2)20(22(38)35(26)46-48(41,42)43)31-21(37)19(16-12-47-24(28)30-16)32-45-18(23(39)40)11-44-15-6-4-13(5-7-15)17-10-34(9-14(36)8-27)25(29)33(17)3/h4-7,10,12,14,18,20,29,36H,8-9,11,27H2,1-3H3,(H2,28,30)(H,31,37)(H,39,40)(H,41,42,43)/b29-25?,32-19-/t14?,18-,20?/m0/s1. The van der Waals surface area contributed by atoms with Gasteiger partial charge in [-0.15, -0.1) is 15.6 Å². The second-order valence-corrected chi connectivity index (χ2v) is 12.8. The number of aromatic nitrogens is 3. The Hall–Kier alpha value is -4.87. The average molecular weight is 712 g/mol. The van der Waals surface area contributed by atoms with Crippen LogP contribution in [0.25, 0.3) is 11.3 Å². The molecule has 0 aliphatic carbocycles. The molecule has 0 saturated carbocycles. The highest BCUT2D eigenvalue weighted by molar-refractivity contribution is 7.80. The van der Waals surface area contributed by atoms with Gasteiger partial charge in [-0.2, -0.15) is 13.5 Å². The van der Waals surface area contributed by atoms with Crippen molar-refractivity contribution >= 4 is 50.4 Å². The van der Waals surface area contributed by atoms with E-state index in [1.54, 1.807) is 46.6 Å². The van der Waals surface area contributed by atoms with Crippen molar-refractivity contribution in [2.75, 3.05) is 18.9 Å². The van der Waals surface area contributed by atoms with Crippen molar-refractivity contribution in [2.24, 2.45) is 17.9 Å². The summed E-state index contributed by atoms with van der Waals surface area (Å²) in [6.45, 7) is 2.32. The number of aliphatic hydroxyl groups is 1. The number of oxime groups is 1. The predicted octanol–water partition coefficient (Wildman–Crippen LogP) is -1.58. The molecule has 3 aromatic rings. The molecule has 260 valence electrons. The fraction of sp³-hybridized carbons (Fsp3) is 0.385. The molecule has 22 heteroatoms. The van der Waals surface area contributed by atoms with Crippen LogP contribution in [0.3, 0.4) is 0 Å². The van der Waals surface area contributed by atoms with Gasteiger partial charge in [-0.1, -0.05) is 5.16 Å². The summed E-state index contributed by atoms with van der Waals surface area (Å²) in [5.74, 6) is -3.29. The first-order valence-corrected chi connectivity index (χ1v) is 16.1. The van der Waals surface area contributed by atoms with E-state index in [9.17, 15) is 33.0 Å². The molecule has 1 aliphatic rings. The Labute approximate surface area is 276 Å². The maximum Gasteiger partial charge on any atom is 0.418 e. The summed E-state index contributed by atoms with van der Waals surface area (Å²) >= 11 is 0.940. The monoisotopic (exact) mass is 711 g/mol. The molecular weight excluding hydrogens is 678 g/mol. The van der Waals surface area contributed by atoms with Crippen LogP contribution in [0.1, 0.15) is 19.5 Å². The Kier molecular flexibility index (Phi) is 10.6. The number of aliphatic carboxylic acids is 1. The quantitative estimate of drug-likeness (QED) is 0.0405. The van der Waals surface area contributed by atoms with Gasteiger partial charge in [-0.05, 0) is 43.7 Å². The molecular formula is C26H33N9O11S2. The minimum atomic E-state index is -5.03. The van der Waals surface area contributed by atoms with Crippen LogP contribution >= 0.6 is 11.3 Å². The molecule has 3 atom stereocenters. The maximum absolute atomic E-state index is 13.2. The van der Waals surface area contributed by atoms with Crippen molar-refractivity contribution in [3.63, 3.8) is 0 Å². The van der Waals surface area contributed by atoms with Crippen molar-refractivity contribution in [1.82, 2.24) is 24.5 Å². The molecule has 1 fully saturated rings. The summed E-state index contributed by atoms with van der Waals surface area (Å²) in [4.78, 5) is 46.8. The number of nitrogens with one attached hydrogen (secondary N) is 2. The molecule has 1 saturated heterocycles. The zero-order chi connectivity index (χ0) is 35.6. The largest absolute Gasteiger partial charge is 0.489 e. The number of nitrogens with zero attached hydrogens (tertiary/aromatic N) is 5. The molecule has 4 rings (SSSR count). The Morgan fingerprint density at radius 2 is 1.94 bits per heavy atom. The van der Waals surface area contributed by atoms with E-state index in [1.807, 2.05) is 0 Å². The number of β-lactam (4-membered cyclic amide) rings is 1. The van der Waals surface area contributed by atoms with E-state index >= 15 is 0 Å². The Balaban J connectivity index is 1.46. The van der Waals surface area contributed by atoms with Crippen LogP contribution in [0, 0.1) is 5.41 Å². The zero-order valence-corrected chi connectivity index (χ0v) is 27.3. The lowest BCUT2D eigenvalue weighted by Crippen LogP contribution is -2.76. The van der Waals surface area contributed by atoms with E-state index in [0.29, 0.717) is 16.3 Å². The van der Waals surface area contributed by atoms with Crippen molar-refractivity contribution < 1.29 is 51.4 Å². The number of anilines is 1. The molecule has 2 aromatic heterocycles. The SMILES string of the molecule is Cn1c(-c2ccc(OC[C@H](O/N=C(\C(=O)NC3C(=O)N(OS(=O)(=O)O)C3(C)C)c3csc(N)n3)C(=O)O)cc2)cn(CC(O)CN)c1=N. The van der Waals surface area contributed by atoms with Gasteiger partial charge in [0.05, 0.1) is 23.9 Å². The van der Waals surface area contributed by atoms with Crippen LogP contribution in [0.2, 0.25) is 0 Å². The lowest BCUT2D eigenvalue weighted by molar-refractivity contribution is -0.218. The average Bonchev–Trinajstić information content (AvgIpc) is 3.57. The van der Waals surface area contributed by atoms with Gasteiger partial charge in [-0.3, -0.25) is 19.6 Å². The molecule has 2 amide bonds. The number of rotatable bonds is 15. The second-order valence-electron chi connectivity index (χ2n) is 10.9. The number of thiazole rings is 1. The van der Waals surface area contributed by atoms with E-state index in [2.05, 4.69) is 19.7 Å².